The average Bonchev–Trinajstić information content (AvgIpc) is 2.86. The molecule has 0 saturated heterocycles. The number of nitrogens with zero attached hydrogens (tertiary/aromatic N) is 1. The van der Waals surface area contributed by atoms with Crippen molar-refractivity contribution in [1.82, 2.24) is 0 Å². The number of hydrogen-bond acceptors (Lipinski definition) is 8. The molecule has 0 aliphatic carbocycles. The minimum Gasteiger partial charge on any atom is -0.497 e. The number of hydrogen-bond donors (Lipinski definition) is 2. The molecule has 0 spiro atoms. The van der Waals surface area contributed by atoms with Crippen LogP contribution in [-0.2, 0) is 24.8 Å². The van der Waals surface area contributed by atoms with Crippen LogP contribution in [0.15, 0.2) is 65.6 Å². The molecule has 0 fully saturated rings. The lowest BCUT2D eigenvalue weighted by atomic mass is 10.3. The van der Waals surface area contributed by atoms with Crippen molar-refractivity contribution >= 4 is 54.6 Å². The first kappa shape index (κ1) is 28.9. The molecule has 0 radical (unpaired) electrons. The maximum absolute atomic E-state index is 12.9. The molecule has 2 N–H and O–H groups in total. The van der Waals surface area contributed by atoms with Gasteiger partial charge >= 0.3 is 0 Å². The fraction of sp³-hybridized carbons (Fsp3) is 0.208. The molecule has 0 atom stereocenters. The Morgan fingerprint density at radius 3 is 2.05 bits per heavy atom. The second-order valence-electron chi connectivity index (χ2n) is 7.83. The van der Waals surface area contributed by atoms with Gasteiger partial charge in [0.15, 0.2) is 0 Å². The Morgan fingerprint density at radius 1 is 0.868 bits per heavy atom. The van der Waals surface area contributed by atoms with Crippen molar-refractivity contribution in [1.29, 1.82) is 0 Å². The molecular weight excluding hydrogens is 558 g/mol. The largest absolute Gasteiger partial charge is 0.497 e. The molecule has 0 saturated carbocycles. The minimum atomic E-state index is -4.01. The molecule has 1 amide bonds. The number of sulfonamides is 2. The van der Waals surface area contributed by atoms with Crippen LogP contribution in [0.2, 0.25) is 5.02 Å². The number of anilines is 3. The molecule has 11 nitrogen and oxygen atoms in total. The van der Waals surface area contributed by atoms with Crippen molar-refractivity contribution in [3.8, 4) is 17.2 Å². The summed E-state index contributed by atoms with van der Waals surface area (Å²) in [5.41, 5.74) is 0.617. The van der Waals surface area contributed by atoms with Crippen LogP contribution in [-0.4, -0.2) is 56.9 Å². The molecule has 3 aromatic rings. The molecule has 0 heterocycles. The molecule has 204 valence electrons. The zero-order valence-corrected chi connectivity index (χ0v) is 23.3. The minimum absolute atomic E-state index is 0.0778. The Labute approximate surface area is 226 Å². The third-order valence-electron chi connectivity index (χ3n) is 5.21. The average molecular weight is 584 g/mol. The van der Waals surface area contributed by atoms with E-state index < -0.39 is 32.5 Å². The summed E-state index contributed by atoms with van der Waals surface area (Å²) in [5, 5.41) is 2.74. The summed E-state index contributed by atoms with van der Waals surface area (Å²) in [6.45, 7) is -0.543. The zero-order chi connectivity index (χ0) is 28.1. The lowest BCUT2D eigenvalue weighted by molar-refractivity contribution is -0.114. The lowest BCUT2D eigenvalue weighted by Crippen LogP contribution is -2.37. The van der Waals surface area contributed by atoms with Crippen molar-refractivity contribution in [3.05, 3.63) is 65.7 Å². The van der Waals surface area contributed by atoms with Crippen LogP contribution in [0, 0.1) is 0 Å². The highest BCUT2D eigenvalue weighted by atomic mass is 35.5. The van der Waals surface area contributed by atoms with Crippen molar-refractivity contribution in [2.75, 3.05) is 48.5 Å². The lowest BCUT2D eigenvalue weighted by Gasteiger charge is -2.22. The number of amides is 1. The maximum atomic E-state index is 12.9. The Balaban J connectivity index is 1.75. The molecular formula is C24H26ClN3O8S2. The highest BCUT2D eigenvalue weighted by Crippen LogP contribution is 2.32. The standard InChI is InChI=1S/C24H26ClN3O8S2/c1-34-18-8-12-23(36-3)21(14-18)27-38(32,33)19-9-5-16(6-10-19)26-24(29)15-28(37(4,30)31)17-7-11-22(35-2)20(25)13-17/h5-14,27H,15H2,1-4H3,(H,26,29). The predicted octanol–water partition coefficient (Wildman–Crippen LogP) is 3.57. The Hall–Kier alpha value is -3.68. The molecule has 0 aliphatic rings. The summed E-state index contributed by atoms with van der Waals surface area (Å²) >= 11 is 6.11. The van der Waals surface area contributed by atoms with Gasteiger partial charge in [-0.05, 0) is 54.6 Å². The smallest absolute Gasteiger partial charge is 0.262 e. The van der Waals surface area contributed by atoms with Crippen molar-refractivity contribution in [2.24, 2.45) is 0 Å². The Kier molecular flexibility index (Phi) is 8.97. The van der Waals surface area contributed by atoms with E-state index in [1.165, 1.54) is 69.9 Å². The number of methoxy groups -OCH3 is 3. The van der Waals surface area contributed by atoms with Crippen LogP contribution in [0.5, 0.6) is 17.2 Å². The quantitative estimate of drug-likeness (QED) is 0.349. The summed E-state index contributed by atoms with van der Waals surface area (Å²) in [6.07, 6.45) is 0.961. The van der Waals surface area contributed by atoms with Gasteiger partial charge in [0.2, 0.25) is 15.9 Å². The van der Waals surface area contributed by atoms with Gasteiger partial charge in [-0.2, -0.15) is 0 Å². The second kappa shape index (κ2) is 11.8. The number of nitrogens with one attached hydrogen (secondary N) is 2. The van der Waals surface area contributed by atoms with Crippen LogP contribution in [0.3, 0.4) is 0 Å². The van der Waals surface area contributed by atoms with Gasteiger partial charge in [-0.3, -0.25) is 13.8 Å². The van der Waals surface area contributed by atoms with Crippen molar-refractivity contribution < 1.29 is 35.8 Å². The van der Waals surface area contributed by atoms with E-state index in [4.69, 9.17) is 25.8 Å². The Morgan fingerprint density at radius 2 is 1.50 bits per heavy atom. The van der Waals surface area contributed by atoms with Crippen LogP contribution in [0.4, 0.5) is 17.1 Å². The van der Waals surface area contributed by atoms with Gasteiger partial charge in [0.1, 0.15) is 23.8 Å². The summed E-state index contributed by atoms with van der Waals surface area (Å²) < 4.78 is 69.3. The summed E-state index contributed by atoms with van der Waals surface area (Å²) in [4.78, 5) is 12.6. The van der Waals surface area contributed by atoms with E-state index in [0.29, 0.717) is 17.2 Å². The number of carbonyl (C=O) groups is 1. The fourth-order valence-electron chi connectivity index (χ4n) is 3.36. The van der Waals surface area contributed by atoms with Gasteiger partial charge in [-0.25, -0.2) is 16.8 Å². The number of ether oxygens (including phenoxy) is 3. The molecule has 0 aromatic heterocycles. The van der Waals surface area contributed by atoms with E-state index in [1.54, 1.807) is 12.1 Å². The predicted molar refractivity (Wildman–Crippen MR) is 146 cm³/mol. The number of carbonyl (C=O) groups excluding carboxylic acids is 1. The highest BCUT2D eigenvalue weighted by Gasteiger charge is 2.22. The van der Waals surface area contributed by atoms with E-state index in [1.807, 2.05) is 0 Å². The van der Waals surface area contributed by atoms with E-state index in [2.05, 4.69) is 10.0 Å². The number of benzene rings is 3. The van der Waals surface area contributed by atoms with E-state index in [0.717, 1.165) is 10.6 Å². The number of halogens is 1. The van der Waals surface area contributed by atoms with Gasteiger partial charge in [0.05, 0.1) is 48.9 Å². The first-order valence-electron chi connectivity index (χ1n) is 10.8. The fourth-order valence-corrected chi connectivity index (χ4v) is 5.52. The molecule has 3 aromatic carbocycles. The first-order valence-corrected chi connectivity index (χ1v) is 14.5. The van der Waals surface area contributed by atoms with E-state index in [-0.39, 0.29) is 27.0 Å². The maximum Gasteiger partial charge on any atom is 0.262 e. The molecule has 0 unspecified atom stereocenters. The van der Waals surface area contributed by atoms with E-state index in [9.17, 15) is 21.6 Å². The van der Waals surface area contributed by atoms with Gasteiger partial charge in [0.25, 0.3) is 10.0 Å². The van der Waals surface area contributed by atoms with Crippen LogP contribution in [0.1, 0.15) is 0 Å². The molecule has 0 bridgehead atoms. The molecule has 14 heteroatoms. The third kappa shape index (κ3) is 7.00. The third-order valence-corrected chi connectivity index (χ3v) is 8.03. The number of rotatable bonds is 11. The van der Waals surface area contributed by atoms with Crippen LogP contribution in [0.25, 0.3) is 0 Å². The first-order chi connectivity index (χ1) is 17.9. The van der Waals surface area contributed by atoms with Crippen molar-refractivity contribution in [2.45, 2.75) is 4.90 Å². The monoisotopic (exact) mass is 583 g/mol. The molecule has 3 rings (SSSR count). The van der Waals surface area contributed by atoms with Gasteiger partial charge in [-0.15, -0.1) is 0 Å². The van der Waals surface area contributed by atoms with Gasteiger partial charge < -0.3 is 19.5 Å². The highest BCUT2D eigenvalue weighted by molar-refractivity contribution is 7.92. The summed E-state index contributed by atoms with van der Waals surface area (Å²) in [7, 11) is -3.57. The zero-order valence-electron chi connectivity index (χ0n) is 20.9. The normalized spacial score (nSPS) is 11.4. The van der Waals surface area contributed by atoms with Gasteiger partial charge in [0, 0.05) is 11.8 Å². The SMILES string of the molecule is COc1ccc(OC)c(NS(=O)(=O)c2ccc(NC(=O)CN(c3ccc(OC)c(Cl)c3)S(C)(=O)=O)cc2)c1. The Bertz CT molecular complexity index is 1530. The second-order valence-corrected chi connectivity index (χ2v) is 11.8. The summed E-state index contributed by atoms with van der Waals surface area (Å²) in [5.74, 6) is 0.424. The summed E-state index contributed by atoms with van der Waals surface area (Å²) in [6, 6.07) is 14.3. The molecule has 0 aliphatic heterocycles. The molecule has 38 heavy (non-hydrogen) atoms. The van der Waals surface area contributed by atoms with Gasteiger partial charge in [-0.1, -0.05) is 11.6 Å². The van der Waals surface area contributed by atoms with Crippen LogP contribution >= 0.6 is 11.6 Å². The van der Waals surface area contributed by atoms with E-state index >= 15 is 0 Å². The van der Waals surface area contributed by atoms with Crippen LogP contribution < -0.4 is 28.6 Å². The topological polar surface area (TPSA) is 140 Å². The van der Waals surface area contributed by atoms with Crippen molar-refractivity contribution in [3.63, 3.8) is 0 Å².